The average molecular weight is 366 g/mol. The van der Waals surface area contributed by atoms with Crippen molar-refractivity contribution in [3.05, 3.63) is 23.0 Å². The lowest BCUT2D eigenvalue weighted by molar-refractivity contribution is -0.144. The molecule has 0 unspecified atom stereocenters. The summed E-state index contributed by atoms with van der Waals surface area (Å²) in [5.41, 5.74) is 0.265. The third kappa shape index (κ3) is 3.18. The quantitative estimate of drug-likeness (QED) is 0.858. The van der Waals surface area contributed by atoms with Crippen molar-refractivity contribution in [1.82, 2.24) is 20.1 Å². The fourth-order valence-electron chi connectivity index (χ4n) is 2.65. The predicted octanol–water partition coefficient (Wildman–Crippen LogP) is 1.93. The van der Waals surface area contributed by atoms with Crippen LogP contribution in [-0.4, -0.2) is 48.8 Å². The van der Waals surface area contributed by atoms with E-state index < -0.39 is 11.5 Å². The zero-order valence-corrected chi connectivity index (χ0v) is 15.0. The van der Waals surface area contributed by atoms with Crippen LogP contribution in [0.1, 0.15) is 28.2 Å². The molecule has 2 N–H and O–H groups in total. The van der Waals surface area contributed by atoms with Gasteiger partial charge in [0.25, 0.3) is 5.91 Å². The zero-order chi connectivity index (χ0) is 17.3. The smallest absolute Gasteiger partial charge is 0.329 e. The van der Waals surface area contributed by atoms with Crippen LogP contribution in [0.5, 0.6) is 0 Å². The highest BCUT2D eigenvalue weighted by Gasteiger charge is 2.42. The lowest BCUT2D eigenvalue weighted by Crippen LogP contribution is -2.56. The minimum atomic E-state index is -1.17. The van der Waals surface area contributed by atoms with E-state index >= 15 is 0 Å². The molecule has 3 heterocycles. The van der Waals surface area contributed by atoms with E-state index in [1.165, 1.54) is 11.3 Å². The third-order valence-electron chi connectivity index (χ3n) is 4.06. The molecule has 128 valence electrons. The SMILES string of the molecule is Cc1nc(-c2cnn(C)c2)sc1C(=O)NC1(C(=O)O)CCSCC1. The van der Waals surface area contributed by atoms with Crippen LogP contribution in [-0.2, 0) is 11.8 Å². The summed E-state index contributed by atoms with van der Waals surface area (Å²) in [4.78, 5) is 29.3. The Hall–Kier alpha value is -1.87. The van der Waals surface area contributed by atoms with Gasteiger partial charge in [0.15, 0.2) is 0 Å². The van der Waals surface area contributed by atoms with E-state index in [0.717, 1.165) is 17.1 Å². The van der Waals surface area contributed by atoms with E-state index in [1.807, 2.05) is 13.2 Å². The van der Waals surface area contributed by atoms with Crippen LogP contribution in [0.4, 0.5) is 0 Å². The summed E-state index contributed by atoms with van der Waals surface area (Å²) in [5, 5.41) is 17.2. The van der Waals surface area contributed by atoms with E-state index in [2.05, 4.69) is 15.4 Å². The Labute approximate surface area is 147 Å². The number of nitrogens with one attached hydrogen (secondary N) is 1. The standard InChI is InChI=1S/C15H18N4O3S2/c1-9-11(24-13(17-9)10-7-16-19(2)8-10)12(20)18-15(14(21)22)3-5-23-6-4-15/h7-8H,3-6H2,1-2H3,(H,18,20)(H,21,22). The van der Waals surface area contributed by atoms with Crippen molar-refractivity contribution in [2.45, 2.75) is 25.3 Å². The molecule has 0 spiro atoms. The second-order valence-electron chi connectivity index (χ2n) is 5.79. The minimum Gasteiger partial charge on any atom is -0.480 e. The Morgan fingerprint density at radius 2 is 2.08 bits per heavy atom. The number of carbonyl (C=O) groups excluding carboxylic acids is 1. The molecule has 2 aromatic rings. The normalized spacial score (nSPS) is 16.8. The zero-order valence-electron chi connectivity index (χ0n) is 13.4. The van der Waals surface area contributed by atoms with Crippen LogP contribution in [0, 0.1) is 6.92 Å². The molecule has 24 heavy (non-hydrogen) atoms. The summed E-state index contributed by atoms with van der Waals surface area (Å²) in [6, 6.07) is 0. The van der Waals surface area contributed by atoms with Gasteiger partial charge in [0, 0.05) is 18.8 Å². The minimum absolute atomic E-state index is 0.366. The van der Waals surface area contributed by atoms with Gasteiger partial charge in [-0.2, -0.15) is 16.9 Å². The highest BCUT2D eigenvalue weighted by Crippen LogP contribution is 2.31. The van der Waals surface area contributed by atoms with Crippen molar-refractivity contribution in [2.24, 2.45) is 7.05 Å². The van der Waals surface area contributed by atoms with Crippen LogP contribution in [0.3, 0.4) is 0 Å². The summed E-state index contributed by atoms with van der Waals surface area (Å²) < 4.78 is 1.67. The predicted molar refractivity (Wildman–Crippen MR) is 93.4 cm³/mol. The highest BCUT2D eigenvalue weighted by atomic mass is 32.2. The maximum absolute atomic E-state index is 12.7. The van der Waals surface area contributed by atoms with Crippen LogP contribution >= 0.6 is 23.1 Å². The van der Waals surface area contributed by atoms with Crippen molar-refractivity contribution in [3.8, 4) is 10.6 Å². The lowest BCUT2D eigenvalue weighted by atomic mass is 9.92. The van der Waals surface area contributed by atoms with Gasteiger partial charge in [-0.3, -0.25) is 9.48 Å². The number of carbonyl (C=O) groups is 2. The Bertz CT molecular complexity index is 778. The molecule has 2 aromatic heterocycles. The average Bonchev–Trinajstić information content (AvgIpc) is 3.14. The van der Waals surface area contributed by atoms with Gasteiger partial charge < -0.3 is 10.4 Å². The van der Waals surface area contributed by atoms with E-state index in [0.29, 0.717) is 28.4 Å². The maximum atomic E-state index is 12.7. The Morgan fingerprint density at radius 3 is 2.67 bits per heavy atom. The molecule has 7 nitrogen and oxygen atoms in total. The molecule has 0 radical (unpaired) electrons. The molecule has 1 amide bonds. The molecular formula is C15H18N4O3S2. The van der Waals surface area contributed by atoms with Crippen molar-refractivity contribution < 1.29 is 14.7 Å². The molecule has 0 aromatic carbocycles. The number of carboxylic acid groups (broad SMARTS) is 1. The van der Waals surface area contributed by atoms with Gasteiger partial charge in [-0.1, -0.05) is 0 Å². The first-order valence-electron chi connectivity index (χ1n) is 7.51. The molecule has 1 aliphatic heterocycles. The number of hydrogen-bond acceptors (Lipinski definition) is 6. The molecule has 0 bridgehead atoms. The summed E-state index contributed by atoms with van der Waals surface area (Å²) in [6.07, 6.45) is 4.40. The molecule has 1 aliphatic rings. The number of hydrogen-bond donors (Lipinski definition) is 2. The molecule has 1 fully saturated rings. The van der Waals surface area contributed by atoms with Gasteiger partial charge in [0.2, 0.25) is 0 Å². The number of thiazole rings is 1. The van der Waals surface area contributed by atoms with E-state index in [-0.39, 0.29) is 5.91 Å². The largest absolute Gasteiger partial charge is 0.480 e. The van der Waals surface area contributed by atoms with Crippen LogP contribution < -0.4 is 5.32 Å². The topological polar surface area (TPSA) is 97.1 Å². The third-order valence-corrected chi connectivity index (χ3v) is 6.25. The summed E-state index contributed by atoms with van der Waals surface area (Å²) in [7, 11) is 1.81. The van der Waals surface area contributed by atoms with Gasteiger partial charge in [0.05, 0.1) is 11.9 Å². The Morgan fingerprint density at radius 1 is 1.38 bits per heavy atom. The van der Waals surface area contributed by atoms with Gasteiger partial charge in [-0.05, 0) is 31.3 Å². The summed E-state index contributed by atoms with van der Waals surface area (Å²) in [6.45, 7) is 1.76. The molecule has 0 aliphatic carbocycles. The molecular weight excluding hydrogens is 348 g/mol. The van der Waals surface area contributed by atoms with Crippen molar-refractivity contribution in [2.75, 3.05) is 11.5 Å². The Kier molecular flexibility index (Phi) is 4.64. The number of nitrogens with zero attached hydrogens (tertiary/aromatic N) is 3. The number of aryl methyl sites for hydroxylation is 2. The lowest BCUT2D eigenvalue weighted by Gasteiger charge is -2.33. The number of aromatic nitrogens is 3. The van der Waals surface area contributed by atoms with Gasteiger partial charge in [-0.15, -0.1) is 11.3 Å². The van der Waals surface area contributed by atoms with Crippen molar-refractivity contribution in [3.63, 3.8) is 0 Å². The molecule has 9 heteroatoms. The fraction of sp³-hybridized carbons (Fsp3) is 0.467. The molecule has 3 rings (SSSR count). The number of thioether (sulfide) groups is 1. The van der Waals surface area contributed by atoms with Gasteiger partial charge >= 0.3 is 5.97 Å². The maximum Gasteiger partial charge on any atom is 0.329 e. The highest BCUT2D eigenvalue weighted by molar-refractivity contribution is 7.99. The van der Waals surface area contributed by atoms with Crippen molar-refractivity contribution >= 4 is 35.0 Å². The van der Waals surface area contributed by atoms with Crippen LogP contribution in [0.15, 0.2) is 12.4 Å². The molecule has 1 saturated heterocycles. The number of amides is 1. The first-order chi connectivity index (χ1) is 11.4. The second kappa shape index (κ2) is 6.56. The van der Waals surface area contributed by atoms with Crippen LogP contribution in [0.2, 0.25) is 0 Å². The van der Waals surface area contributed by atoms with E-state index in [4.69, 9.17) is 0 Å². The van der Waals surface area contributed by atoms with Crippen LogP contribution in [0.25, 0.3) is 10.6 Å². The summed E-state index contributed by atoms with van der Waals surface area (Å²) in [5.74, 6) is 0.130. The van der Waals surface area contributed by atoms with Crippen molar-refractivity contribution in [1.29, 1.82) is 0 Å². The first kappa shape index (κ1) is 17.0. The summed E-state index contributed by atoms with van der Waals surface area (Å²) >= 11 is 2.97. The van der Waals surface area contributed by atoms with E-state index in [9.17, 15) is 14.7 Å². The number of rotatable bonds is 4. The molecule has 0 saturated carbocycles. The Balaban J connectivity index is 1.84. The number of aliphatic carboxylic acids is 1. The van der Waals surface area contributed by atoms with E-state index in [1.54, 1.807) is 29.6 Å². The number of carboxylic acids is 1. The second-order valence-corrected chi connectivity index (χ2v) is 8.01. The molecule has 0 atom stereocenters. The monoisotopic (exact) mass is 366 g/mol. The fourth-order valence-corrected chi connectivity index (χ4v) is 4.77. The van der Waals surface area contributed by atoms with Gasteiger partial charge in [-0.25, -0.2) is 9.78 Å². The first-order valence-corrected chi connectivity index (χ1v) is 9.48. The van der Waals surface area contributed by atoms with Gasteiger partial charge in [0.1, 0.15) is 15.4 Å².